The lowest BCUT2D eigenvalue weighted by Crippen LogP contribution is -2.63. The molecule has 0 unspecified atom stereocenters. The number of aliphatic imine (C=N–C) groups is 1. The second-order valence-electron chi connectivity index (χ2n) is 27.7. The number of amides is 12. The number of nitrogens with one attached hydrogen (secondary N) is 11. The number of phenolic OH excluding ortho intramolecular Hbond substituents is 1. The van der Waals surface area contributed by atoms with Crippen molar-refractivity contribution in [1.82, 2.24) is 63.1 Å². The third kappa shape index (κ3) is 32.7. The average molecular weight is 1570 g/mol. The molecule has 111 heavy (non-hydrogen) atoms. The van der Waals surface area contributed by atoms with Gasteiger partial charge in [0.1, 0.15) is 66.2 Å². The van der Waals surface area contributed by atoms with Crippen molar-refractivity contribution in [2.24, 2.45) is 28.1 Å². The summed E-state index contributed by atoms with van der Waals surface area (Å²) in [7, 11) is 0. The molecule has 2 aromatic carbocycles. The van der Waals surface area contributed by atoms with Gasteiger partial charge in [-0.25, -0.2) is 4.79 Å². The van der Waals surface area contributed by atoms with E-state index in [1.165, 1.54) is 53.1 Å². The number of benzene rings is 2. The zero-order valence-corrected chi connectivity index (χ0v) is 64.8. The Morgan fingerprint density at radius 1 is 0.649 bits per heavy atom. The molecule has 610 valence electrons. The van der Waals surface area contributed by atoms with Crippen LogP contribution in [0.2, 0.25) is 0 Å². The zero-order valence-electron chi connectivity index (χ0n) is 64.0. The highest BCUT2D eigenvalue weighted by atomic mass is 32.2. The van der Waals surface area contributed by atoms with Gasteiger partial charge in [-0.05, 0) is 128 Å². The van der Waals surface area contributed by atoms with Gasteiger partial charge in [0.15, 0.2) is 5.96 Å². The van der Waals surface area contributed by atoms with Crippen LogP contribution in [0.3, 0.4) is 0 Å². The van der Waals surface area contributed by atoms with E-state index in [0.29, 0.717) is 34.2 Å². The zero-order chi connectivity index (χ0) is 82.6. The molecular formula is C75H110N16O19S. The first-order valence-corrected chi connectivity index (χ1v) is 37.9. The van der Waals surface area contributed by atoms with Gasteiger partial charge in [-0.1, -0.05) is 85.5 Å². The van der Waals surface area contributed by atoms with E-state index in [2.05, 4.69) is 96.1 Å². The van der Waals surface area contributed by atoms with Crippen LogP contribution in [0.15, 0.2) is 94.7 Å². The van der Waals surface area contributed by atoms with Gasteiger partial charge in [0.25, 0.3) is 0 Å². The average Bonchev–Trinajstić information content (AvgIpc) is 1.72. The van der Waals surface area contributed by atoms with Gasteiger partial charge in [0.2, 0.25) is 70.9 Å². The lowest BCUT2D eigenvalue weighted by Gasteiger charge is -2.31. The van der Waals surface area contributed by atoms with E-state index in [1.807, 2.05) is 13.0 Å². The summed E-state index contributed by atoms with van der Waals surface area (Å²) < 4.78 is 0. The second kappa shape index (κ2) is 47.2. The number of guanidine groups is 1. The summed E-state index contributed by atoms with van der Waals surface area (Å²) in [6.45, 7) is 11.7. The van der Waals surface area contributed by atoms with Crippen molar-refractivity contribution in [2.75, 3.05) is 37.7 Å². The van der Waals surface area contributed by atoms with Crippen molar-refractivity contribution in [3.63, 3.8) is 0 Å². The second-order valence-corrected chi connectivity index (χ2v) is 28.8. The van der Waals surface area contributed by atoms with E-state index in [-0.39, 0.29) is 69.1 Å². The number of phenols is 1. The number of hydrogen-bond donors (Lipinski definition) is 19. The summed E-state index contributed by atoms with van der Waals surface area (Å²) >= 11 is 1.25. The molecule has 1 aliphatic heterocycles. The normalized spacial score (nSPS) is 15.8. The fraction of sp³-hybridized carbons (Fsp3) is 0.533. The number of aromatic hydroxyl groups is 1. The number of para-hydroxylation sites is 1. The molecule has 1 aromatic heterocycles. The first-order valence-electron chi connectivity index (χ1n) is 36.7. The standard InChI is InChI=1S/C75H110N16O19S/c1-9-44(6)63(89-67(102)53(28-29-62(98)99)84-70(105)59-23-15-32-91(59)73(108)56(82-46(8)94)34-47-24-26-49(95)27-25-47)71(106)88-57(39-92)69(104)86-54(35-48-37-80-51-21-11-10-20-50(48)51)68(103)90-64(45(7)93)72(107)85-52(22-14-31-79-75(77)78)66(101)87-55(36-60(76)96)65(100)81-38-61(97)83-58(74(109)110)40-111-33-30-43(5)19-13-18-42(4)17-12-16-41(2)3/h10-11,16,18,20-21,24-27,30,37,44-45,52-59,63-64,80,92-93,95H,9,12-15,17,19,22-23,28-29,31-36,38-40H2,1-8H3,(H2,76,96)(H,81,100)(H,82,94)(H,83,97)(H,84,105)(H,85,107)(H,86,104)(H,87,101)(H,88,106)(H,89,102)(H,90,103)(H,98,99)(H,109,110)(H4,77,78,79)/b42-18+,43-30+/t44-,45+,52-,53-,54-,55-,56-,57-,58-,59-,63-,64-/m0/s1. The van der Waals surface area contributed by atoms with E-state index in [0.717, 1.165) is 38.2 Å². The number of likely N-dealkylation sites (tertiary alicyclic amines) is 1. The largest absolute Gasteiger partial charge is 0.508 e. The van der Waals surface area contributed by atoms with Crippen molar-refractivity contribution in [2.45, 2.75) is 212 Å². The summed E-state index contributed by atoms with van der Waals surface area (Å²) in [5.41, 5.74) is 21.8. The first-order chi connectivity index (χ1) is 52.5. The van der Waals surface area contributed by atoms with Crippen molar-refractivity contribution in [3.05, 3.63) is 101 Å². The Bertz CT molecular complexity index is 3850. The minimum atomic E-state index is -1.96. The number of primary amides is 1. The number of fused-ring (bicyclic) bond motifs is 1. The molecule has 36 heteroatoms. The topological polar surface area (TPSA) is 570 Å². The van der Waals surface area contributed by atoms with Crippen LogP contribution in [0, 0.1) is 5.92 Å². The smallest absolute Gasteiger partial charge is 0.327 e. The molecule has 4 rings (SSSR count). The summed E-state index contributed by atoms with van der Waals surface area (Å²) in [6.07, 6.45) is 7.56. The van der Waals surface area contributed by atoms with Crippen molar-refractivity contribution in [3.8, 4) is 5.75 Å². The Hall–Kier alpha value is -10.9. The Balaban J connectivity index is 1.53. The van der Waals surface area contributed by atoms with Crippen LogP contribution < -0.4 is 70.4 Å². The third-order valence-electron chi connectivity index (χ3n) is 18.2. The quantitative estimate of drug-likeness (QED) is 0.0148. The molecule has 1 fully saturated rings. The lowest BCUT2D eigenvalue weighted by atomic mass is 9.97. The number of allylic oxidation sites excluding steroid dienone is 5. The number of carbonyl (C=O) groups is 14. The molecule has 1 saturated heterocycles. The molecule has 0 aliphatic carbocycles. The number of carboxylic acid groups (broad SMARTS) is 2. The number of aliphatic hydroxyl groups excluding tert-OH is 2. The maximum atomic E-state index is 14.7. The molecule has 12 atom stereocenters. The Morgan fingerprint density at radius 2 is 1.24 bits per heavy atom. The molecule has 22 N–H and O–H groups in total. The number of aliphatic hydroxyl groups is 2. The minimum Gasteiger partial charge on any atom is -0.508 e. The van der Waals surface area contributed by atoms with E-state index in [9.17, 15) is 92.7 Å². The van der Waals surface area contributed by atoms with Crippen molar-refractivity contribution in [1.29, 1.82) is 0 Å². The number of aliphatic carboxylic acids is 2. The van der Waals surface area contributed by atoms with Gasteiger partial charge < -0.3 is 106 Å². The van der Waals surface area contributed by atoms with Gasteiger partial charge in [-0.15, -0.1) is 0 Å². The SMILES string of the molecule is CC[C@H](C)[C@H](NC(=O)[C@H](CCC(=O)O)NC(=O)[C@@H]1CCCN1C(=O)[C@H](Cc1ccc(O)cc1)NC(C)=O)C(=O)N[C@@H](CO)C(=O)N[C@@H](Cc1c[nH]c2ccccc12)C(=O)N[C@H](C(=O)N[C@@H](CCCN=C(N)N)C(=O)N[C@@H](CC(N)=O)C(=O)NCC(=O)N[C@@H](CSC/C=C(\C)CC/C=C(\C)CCC=C(C)C)C(=O)O)[C@@H](C)O. The Kier molecular flexibility index (Phi) is 39.4. The van der Waals surface area contributed by atoms with E-state index < -0.39 is 188 Å². The van der Waals surface area contributed by atoms with Crippen molar-refractivity contribution < 1.29 is 92.7 Å². The third-order valence-corrected chi connectivity index (χ3v) is 19.2. The van der Waals surface area contributed by atoms with Crippen molar-refractivity contribution >= 4 is 111 Å². The Labute approximate surface area is 648 Å². The fourth-order valence-corrected chi connectivity index (χ4v) is 12.8. The number of thioether (sulfide) groups is 1. The van der Waals surface area contributed by atoms with E-state index >= 15 is 0 Å². The predicted molar refractivity (Wildman–Crippen MR) is 414 cm³/mol. The minimum absolute atomic E-state index is 0.0167. The molecule has 3 aromatic rings. The van der Waals surface area contributed by atoms with Gasteiger partial charge in [0.05, 0.1) is 25.7 Å². The molecule has 0 radical (unpaired) electrons. The number of carbonyl (C=O) groups excluding carboxylic acids is 12. The molecule has 0 bridgehead atoms. The van der Waals surface area contributed by atoms with Crippen LogP contribution in [-0.2, 0) is 80.0 Å². The first kappa shape index (κ1) is 92.5. The maximum Gasteiger partial charge on any atom is 0.327 e. The summed E-state index contributed by atoms with van der Waals surface area (Å²) in [6, 6.07) is -3.25. The molecule has 1 aliphatic rings. The fourth-order valence-electron chi connectivity index (χ4n) is 11.8. The number of hydrogen-bond acceptors (Lipinski definition) is 19. The van der Waals surface area contributed by atoms with Gasteiger partial charge >= 0.3 is 11.9 Å². The number of H-pyrrole nitrogens is 1. The van der Waals surface area contributed by atoms with Crippen LogP contribution in [0.1, 0.15) is 144 Å². The summed E-state index contributed by atoms with van der Waals surface area (Å²) in [5, 5.41) is 76.3. The van der Waals surface area contributed by atoms with Crippen LogP contribution in [0.25, 0.3) is 10.9 Å². The van der Waals surface area contributed by atoms with Crippen LogP contribution in [-0.4, -0.2) is 228 Å². The highest BCUT2D eigenvalue weighted by molar-refractivity contribution is 7.99. The Morgan fingerprint density at radius 3 is 1.86 bits per heavy atom. The van der Waals surface area contributed by atoms with E-state index in [1.54, 1.807) is 50.2 Å². The lowest BCUT2D eigenvalue weighted by molar-refractivity contribution is -0.142. The molecular weight excluding hydrogens is 1460 g/mol. The maximum absolute atomic E-state index is 14.7. The van der Waals surface area contributed by atoms with Crippen LogP contribution in [0.4, 0.5) is 0 Å². The summed E-state index contributed by atoms with van der Waals surface area (Å²) in [4.78, 5) is 199. The number of carboxylic acids is 2. The highest BCUT2D eigenvalue weighted by Gasteiger charge is 2.41. The highest BCUT2D eigenvalue weighted by Crippen LogP contribution is 2.24. The van der Waals surface area contributed by atoms with E-state index in [4.69, 9.17) is 17.2 Å². The predicted octanol–water partition coefficient (Wildman–Crippen LogP) is -0.401. The van der Waals surface area contributed by atoms with Gasteiger partial charge in [-0.3, -0.25) is 67.3 Å². The summed E-state index contributed by atoms with van der Waals surface area (Å²) in [5.74, 6) is -15.4. The molecule has 0 saturated carbocycles. The van der Waals surface area contributed by atoms with Gasteiger partial charge in [0, 0.05) is 67.9 Å². The number of nitrogens with zero attached hydrogens (tertiary/aromatic N) is 2. The number of nitrogens with two attached hydrogens (primary N) is 3. The number of aromatic nitrogens is 1. The number of rotatable bonds is 48. The van der Waals surface area contributed by atoms with Crippen LogP contribution >= 0.6 is 11.8 Å². The monoisotopic (exact) mass is 1570 g/mol. The molecule has 2 heterocycles. The molecule has 35 nitrogen and oxygen atoms in total. The van der Waals surface area contributed by atoms with Crippen LogP contribution in [0.5, 0.6) is 5.75 Å². The molecule has 0 spiro atoms. The molecule has 12 amide bonds. The number of aromatic amines is 1. The van der Waals surface area contributed by atoms with Gasteiger partial charge in [-0.2, -0.15) is 11.8 Å².